The van der Waals surface area contributed by atoms with Gasteiger partial charge in [0.25, 0.3) is 0 Å². The van der Waals surface area contributed by atoms with Crippen LogP contribution in [0.15, 0.2) is 30.3 Å². The van der Waals surface area contributed by atoms with E-state index in [0.29, 0.717) is 6.54 Å². The summed E-state index contributed by atoms with van der Waals surface area (Å²) in [5.74, 6) is 1.52. The highest BCUT2D eigenvalue weighted by Gasteiger charge is 2.21. The van der Waals surface area contributed by atoms with E-state index in [9.17, 15) is 4.79 Å². The van der Waals surface area contributed by atoms with Gasteiger partial charge in [-0.25, -0.2) is 4.79 Å². The Labute approximate surface area is 133 Å². The Kier molecular flexibility index (Phi) is 7.54. The first-order valence-corrected chi connectivity index (χ1v) is 7.45. The molecule has 1 heterocycles. The highest BCUT2D eigenvalue weighted by molar-refractivity contribution is 5.89. The second-order valence-electron chi connectivity index (χ2n) is 5.95. The summed E-state index contributed by atoms with van der Waals surface area (Å²) in [6.45, 7) is 8.52. The van der Waals surface area contributed by atoms with Gasteiger partial charge < -0.3 is 15.5 Å². The number of nitrogens with one attached hydrogen (secondary N) is 2. The maximum absolute atomic E-state index is 11.7. The molecule has 118 valence electrons. The fraction of sp³-hybridized carbons (Fsp3) is 0.562. The minimum absolute atomic E-state index is 0. The second kappa shape index (κ2) is 8.90. The molecule has 2 atom stereocenters. The van der Waals surface area contributed by atoms with Crippen LogP contribution in [0.25, 0.3) is 0 Å². The molecule has 2 unspecified atom stereocenters. The summed E-state index contributed by atoms with van der Waals surface area (Å²) in [5, 5.41) is 5.75. The first-order valence-electron chi connectivity index (χ1n) is 7.45. The van der Waals surface area contributed by atoms with E-state index in [4.69, 9.17) is 0 Å². The second-order valence-corrected chi connectivity index (χ2v) is 5.95. The number of benzene rings is 1. The lowest BCUT2D eigenvalue weighted by molar-refractivity contribution is 0.142. The molecule has 1 aliphatic heterocycles. The van der Waals surface area contributed by atoms with Gasteiger partial charge in [-0.1, -0.05) is 32.0 Å². The van der Waals surface area contributed by atoms with Gasteiger partial charge in [0.1, 0.15) is 0 Å². The minimum Gasteiger partial charge on any atom is -0.337 e. The number of amides is 2. The van der Waals surface area contributed by atoms with Crippen LogP contribution in [0.2, 0.25) is 0 Å². The van der Waals surface area contributed by atoms with E-state index in [1.54, 1.807) is 0 Å². The molecule has 1 aliphatic rings. The number of para-hydroxylation sites is 1. The Balaban J connectivity index is 0.00000220. The lowest BCUT2D eigenvalue weighted by Crippen LogP contribution is -2.43. The van der Waals surface area contributed by atoms with Crippen LogP contribution in [-0.2, 0) is 0 Å². The van der Waals surface area contributed by atoms with Crippen molar-refractivity contribution in [2.45, 2.75) is 20.3 Å². The summed E-state index contributed by atoms with van der Waals surface area (Å²) < 4.78 is 0. The summed E-state index contributed by atoms with van der Waals surface area (Å²) in [5.41, 5.74) is 0.824. The number of hydrogen-bond acceptors (Lipinski definition) is 2. The van der Waals surface area contributed by atoms with Crippen molar-refractivity contribution in [3.63, 3.8) is 0 Å². The fourth-order valence-corrected chi connectivity index (χ4v) is 3.00. The maximum Gasteiger partial charge on any atom is 0.319 e. The van der Waals surface area contributed by atoms with Crippen LogP contribution in [0.1, 0.15) is 20.3 Å². The fourth-order valence-electron chi connectivity index (χ4n) is 3.00. The molecule has 0 radical (unpaired) electrons. The molecular formula is C16H26ClN3O. The number of urea groups is 1. The molecule has 2 rings (SSSR count). The predicted molar refractivity (Wildman–Crippen MR) is 90.1 cm³/mol. The van der Waals surface area contributed by atoms with Crippen molar-refractivity contribution in [1.29, 1.82) is 0 Å². The Morgan fingerprint density at radius 3 is 2.43 bits per heavy atom. The van der Waals surface area contributed by atoms with Crippen LogP contribution >= 0.6 is 12.4 Å². The van der Waals surface area contributed by atoms with Crippen molar-refractivity contribution in [1.82, 2.24) is 10.2 Å². The average molecular weight is 312 g/mol. The van der Waals surface area contributed by atoms with Crippen LogP contribution in [0.3, 0.4) is 0 Å². The Bertz CT molecular complexity index is 417. The predicted octanol–water partition coefficient (Wildman–Crippen LogP) is 3.21. The van der Waals surface area contributed by atoms with Crippen molar-refractivity contribution in [3.8, 4) is 0 Å². The zero-order valence-electron chi connectivity index (χ0n) is 12.8. The third-order valence-corrected chi connectivity index (χ3v) is 3.69. The van der Waals surface area contributed by atoms with E-state index in [-0.39, 0.29) is 18.4 Å². The molecule has 2 amide bonds. The molecule has 21 heavy (non-hydrogen) atoms. The summed E-state index contributed by atoms with van der Waals surface area (Å²) in [4.78, 5) is 14.2. The highest BCUT2D eigenvalue weighted by atomic mass is 35.5. The van der Waals surface area contributed by atoms with Gasteiger partial charge >= 0.3 is 6.03 Å². The SMILES string of the molecule is CC1CC(C)CN(CCNC(=O)Nc2ccccc2)C1.Cl. The van der Waals surface area contributed by atoms with E-state index in [1.807, 2.05) is 30.3 Å². The smallest absolute Gasteiger partial charge is 0.319 e. The van der Waals surface area contributed by atoms with Gasteiger partial charge in [-0.05, 0) is 30.4 Å². The minimum atomic E-state index is -0.130. The number of halogens is 1. The molecule has 0 aliphatic carbocycles. The van der Waals surface area contributed by atoms with Gasteiger partial charge in [0.05, 0.1) is 0 Å². The van der Waals surface area contributed by atoms with Gasteiger partial charge in [0, 0.05) is 31.9 Å². The summed E-state index contributed by atoms with van der Waals surface area (Å²) >= 11 is 0. The van der Waals surface area contributed by atoms with Gasteiger partial charge in [0.15, 0.2) is 0 Å². The summed E-state index contributed by atoms with van der Waals surface area (Å²) in [6.07, 6.45) is 1.32. The summed E-state index contributed by atoms with van der Waals surface area (Å²) in [6, 6.07) is 9.38. The van der Waals surface area contributed by atoms with Gasteiger partial charge in [-0.3, -0.25) is 0 Å². The first kappa shape index (κ1) is 17.8. The molecule has 0 spiro atoms. The van der Waals surface area contributed by atoms with E-state index in [2.05, 4.69) is 29.4 Å². The van der Waals surface area contributed by atoms with E-state index in [0.717, 1.165) is 37.2 Å². The van der Waals surface area contributed by atoms with Crippen LogP contribution in [0.4, 0.5) is 10.5 Å². The molecule has 4 nitrogen and oxygen atoms in total. The standard InChI is InChI=1S/C16H25N3O.ClH/c1-13-10-14(2)12-19(11-13)9-8-17-16(20)18-15-6-4-3-5-7-15;/h3-7,13-14H,8-12H2,1-2H3,(H2,17,18,20);1H. The van der Waals surface area contributed by atoms with Crippen molar-refractivity contribution < 1.29 is 4.79 Å². The third-order valence-electron chi connectivity index (χ3n) is 3.69. The lowest BCUT2D eigenvalue weighted by Gasteiger charge is -2.34. The molecule has 1 saturated heterocycles. The van der Waals surface area contributed by atoms with Crippen molar-refractivity contribution in [2.75, 3.05) is 31.5 Å². The van der Waals surface area contributed by atoms with E-state index < -0.39 is 0 Å². The highest BCUT2D eigenvalue weighted by Crippen LogP contribution is 2.20. The number of carbonyl (C=O) groups excluding carboxylic acids is 1. The van der Waals surface area contributed by atoms with Crippen LogP contribution in [-0.4, -0.2) is 37.1 Å². The first-order chi connectivity index (χ1) is 9.63. The molecule has 1 aromatic rings. The number of rotatable bonds is 4. The topological polar surface area (TPSA) is 44.4 Å². The van der Waals surface area contributed by atoms with Gasteiger partial charge in [-0.15, -0.1) is 12.4 Å². The molecule has 1 aromatic carbocycles. The zero-order valence-corrected chi connectivity index (χ0v) is 13.7. The Hall–Kier alpha value is -1.26. The molecule has 2 N–H and O–H groups in total. The van der Waals surface area contributed by atoms with Gasteiger partial charge in [0.2, 0.25) is 0 Å². The molecular weight excluding hydrogens is 286 g/mol. The largest absolute Gasteiger partial charge is 0.337 e. The van der Waals surface area contributed by atoms with E-state index in [1.165, 1.54) is 6.42 Å². The number of carbonyl (C=O) groups is 1. The lowest BCUT2D eigenvalue weighted by atomic mass is 9.92. The van der Waals surface area contributed by atoms with Crippen LogP contribution < -0.4 is 10.6 Å². The Morgan fingerprint density at radius 1 is 1.19 bits per heavy atom. The molecule has 0 aromatic heterocycles. The van der Waals surface area contributed by atoms with Gasteiger partial charge in [-0.2, -0.15) is 0 Å². The number of likely N-dealkylation sites (tertiary alicyclic amines) is 1. The molecule has 5 heteroatoms. The molecule has 1 fully saturated rings. The number of hydrogen-bond donors (Lipinski definition) is 2. The quantitative estimate of drug-likeness (QED) is 0.897. The molecule has 0 bridgehead atoms. The van der Waals surface area contributed by atoms with Crippen molar-refractivity contribution in [2.24, 2.45) is 11.8 Å². The van der Waals surface area contributed by atoms with E-state index >= 15 is 0 Å². The van der Waals surface area contributed by atoms with Crippen molar-refractivity contribution >= 4 is 24.1 Å². The normalized spacial score (nSPS) is 22.2. The maximum atomic E-state index is 11.7. The monoisotopic (exact) mass is 311 g/mol. The molecule has 0 saturated carbocycles. The number of piperidine rings is 1. The Morgan fingerprint density at radius 2 is 1.81 bits per heavy atom. The number of nitrogens with zero attached hydrogens (tertiary/aromatic N) is 1. The average Bonchev–Trinajstić information content (AvgIpc) is 2.38. The zero-order chi connectivity index (χ0) is 14.4. The number of anilines is 1. The summed E-state index contributed by atoms with van der Waals surface area (Å²) in [7, 11) is 0. The van der Waals surface area contributed by atoms with Crippen LogP contribution in [0, 0.1) is 11.8 Å². The third kappa shape index (κ3) is 6.36. The van der Waals surface area contributed by atoms with Crippen molar-refractivity contribution in [3.05, 3.63) is 30.3 Å². The van der Waals surface area contributed by atoms with Crippen LogP contribution in [0.5, 0.6) is 0 Å².